The number of halogens is 7. The van der Waals surface area contributed by atoms with E-state index >= 15 is 0 Å². The first-order chi connectivity index (χ1) is 9.89. The maximum absolute atomic E-state index is 13.3. The molecule has 22 heavy (non-hydrogen) atoms. The zero-order valence-corrected chi connectivity index (χ0v) is 13.4. The van der Waals surface area contributed by atoms with Crippen LogP contribution >= 0.6 is 0 Å². The Morgan fingerprint density at radius 1 is 0.727 bits per heavy atom. The van der Waals surface area contributed by atoms with E-state index in [1.54, 1.807) is 0 Å². The van der Waals surface area contributed by atoms with E-state index < -0.39 is 39.3 Å². The van der Waals surface area contributed by atoms with Crippen LogP contribution in [0.5, 0.6) is 0 Å². The van der Waals surface area contributed by atoms with Crippen LogP contribution in [0.25, 0.3) is 0 Å². The molecule has 0 aliphatic rings. The van der Waals surface area contributed by atoms with Crippen molar-refractivity contribution in [3.63, 3.8) is 0 Å². The van der Waals surface area contributed by atoms with Gasteiger partial charge in [-0.3, -0.25) is 0 Å². The molecule has 0 fully saturated rings. The van der Waals surface area contributed by atoms with E-state index in [4.69, 9.17) is 13.3 Å². The highest BCUT2D eigenvalue weighted by atomic mass is 28.4. The second-order valence-corrected chi connectivity index (χ2v) is 6.99. The molecular weight excluding hydrogens is 341 g/mol. The van der Waals surface area contributed by atoms with Gasteiger partial charge in [0.15, 0.2) is 0 Å². The molecule has 0 aliphatic carbocycles. The number of hydrogen-bond acceptors (Lipinski definition) is 3. The number of rotatable bonds is 10. The quantitative estimate of drug-likeness (QED) is 0.430. The fraction of sp³-hybridized carbons (Fsp3) is 1.00. The van der Waals surface area contributed by atoms with Gasteiger partial charge in [-0.25, -0.2) is 0 Å². The largest absolute Gasteiger partial charge is 0.501 e. The third-order valence-electron chi connectivity index (χ3n) is 2.65. The van der Waals surface area contributed by atoms with Gasteiger partial charge in [0.1, 0.15) is 0 Å². The molecule has 0 spiro atoms. The van der Waals surface area contributed by atoms with Crippen molar-refractivity contribution in [2.45, 2.75) is 51.3 Å². The lowest BCUT2D eigenvalue weighted by Crippen LogP contribution is -2.54. The van der Waals surface area contributed by atoms with E-state index in [0.717, 1.165) is 0 Å². The first kappa shape index (κ1) is 21.6. The van der Waals surface area contributed by atoms with Crippen LogP contribution in [-0.2, 0) is 13.3 Å². The molecule has 3 nitrogen and oxygen atoms in total. The molecule has 0 unspecified atom stereocenters. The maximum atomic E-state index is 13.3. The molecule has 0 bridgehead atoms. The molecule has 0 aromatic rings. The normalized spacial score (nSPS) is 14.5. The van der Waals surface area contributed by atoms with Gasteiger partial charge in [0.25, 0.3) is 0 Å². The van der Waals surface area contributed by atoms with Gasteiger partial charge in [0, 0.05) is 32.3 Å². The smallest absolute Gasteiger partial charge is 0.374 e. The summed E-state index contributed by atoms with van der Waals surface area (Å²) < 4.78 is 104. The molecule has 0 aromatic carbocycles. The minimum Gasteiger partial charge on any atom is -0.374 e. The molecule has 0 aromatic heterocycles. The molecular formula is C11H19F7O3Si. The minimum absolute atomic E-state index is 0.00649. The van der Waals surface area contributed by atoms with Gasteiger partial charge in [-0.1, -0.05) is 0 Å². The van der Waals surface area contributed by atoms with Gasteiger partial charge in [0.2, 0.25) is 0 Å². The van der Waals surface area contributed by atoms with E-state index in [9.17, 15) is 30.7 Å². The Balaban J connectivity index is 5.17. The van der Waals surface area contributed by atoms with Gasteiger partial charge in [0.05, 0.1) is 0 Å². The van der Waals surface area contributed by atoms with Crippen LogP contribution in [-0.4, -0.2) is 46.6 Å². The Morgan fingerprint density at radius 3 is 1.36 bits per heavy atom. The average Bonchev–Trinajstić information content (AvgIpc) is 2.36. The van der Waals surface area contributed by atoms with E-state index in [1.165, 1.54) is 20.8 Å². The standard InChI is InChI=1S/C11H19F7O3Si/c1-4-19-22(20-5-2,21-6-3)8-7-9(12,13)10(14,15)11(16,17)18/h4-8H2,1-3H3. The van der Waals surface area contributed by atoms with Crippen molar-refractivity contribution >= 4 is 8.80 Å². The van der Waals surface area contributed by atoms with Gasteiger partial charge in [-0.05, 0) is 20.8 Å². The fourth-order valence-corrected chi connectivity index (χ4v) is 4.30. The summed E-state index contributed by atoms with van der Waals surface area (Å²) in [6.45, 7) is 4.49. The van der Waals surface area contributed by atoms with Crippen LogP contribution in [0, 0.1) is 0 Å². The zero-order chi connectivity index (χ0) is 17.7. The highest BCUT2D eigenvalue weighted by Gasteiger charge is 2.72. The molecule has 0 aliphatic heterocycles. The molecule has 0 saturated heterocycles. The summed E-state index contributed by atoms with van der Waals surface area (Å²) in [5.41, 5.74) is 0. The third-order valence-corrected chi connectivity index (χ3v) is 5.70. The second kappa shape index (κ2) is 7.93. The zero-order valence-electron chi connectivity index (χ0n) is 12.4. The van der Waals surface area contributed by atoms with Crippen LogP contribution in [0.3, 0.4) is 0 Å². The molecule has 0 heterocycles. The number of hydrogen-bond donors (Lipinski definition) is 0. The van der Waals surface area contributed by atoms with Crippen molar-refractivity contribution in [3.8, 4) is 0 Å². The molecule has 0 radical (unpaired) electrons. The van der Waals surface area contributed by atoms with Crippen LogP contribution < -0.4 is 0 Å². The van der Waals surface area contributed by atoms with Crippen molar-refractivity contribution < 1.29 is 44.0 Å². The fourth-order valence-electron chi connectivity index (χ4n) is 1.68. The average molecular weight is 360 g/mol. The number of alkyl halides is 7. The summed E-state index contributed by atoms with van der Waals surface area (Å²) in [5.74, 6) is -11.4. The van der Waals surface area contributed by atoms with Crippen LogP contribution in [0.4, 0.5) is 30.7 Å². The summed E-state index contributed by atoms with van der Waals surface area (Å²) in [5, 5.41) is 0. The predicted molar refractivity (Wildman–Crippen MR) is 66.0 cm³/mol. The summed E-state index contributed by atoms with van der Waals surface area (Å²) in [7, 11) is -3.72. The van der Waals surface area contributed by atoms with Crippen molar-refractivity contribution in [3.05, 3.63) is 0 Å². The molecule has 0 saturated carbocycles. The monoisotopic (exact) mass is 360 g/mol. The summed E-state index contributed by atoms with van der Waals surface area (Å²) in [6.07, 6.45) is -8.10. The van der Waals surface area contributed by atoms with Gasteiger partial charge in [-0.15, -0.1) is 0 Å². The topological polar surface area (TPSA) is 27.7 Å². The Morgan fingerprint density at radius 2 is 1.09 bits per heavy atom. The third kappa shape index (κ3) is 5.07. The van der Waals surface area contributed by atoms with Gasteiger partial charge < -0.3 is 13.3 Å². The van der Waals surface area contributed by atoms with Crippen molar-refractivity contribution in [2.75, 3.05) is 19.8 Å². The molecule has 0 rings (SSSR count). The van der Waals surface area contributed by atoms with E-state index in [0.29, 0.717) is 0 Å². The van der Waals surface area contributed by atoms with Gasteiger partial charge in [-0.2, -0.15) is 30.7 Å². The Hall–Kier alpha value is -0.393. The van der Waals surface area contributed by atoms with E-state index in [-0.39, 0.29) is 19.8 Å². The Bertz CT molecular complexity index is 317. The lowest BCUT2D eigenvalue weighted by atomic mass is 10.1. The Kier molecular flexibility index (Phi) is 7.79. The molecule has 11 heteroatoms. The summed E-state index contributed by atoms with van der Waals surface area (Å²) in [6, 6.07) is -0.846. The van der Waals surface area contributed by atoms with Gasteiger partial charge >= 0.3 is 26.8 Å². The molecule has 0 N–H and O–H groups in total. The Labute approximate surface area is 125 Å². The summed E-state index contributed by atoms with van der Waals surface area (Å²) in [4.78, 5) is 0. The van der Waals surface area contributed by atoms with Crippen molar-refractivity contribution in [1.29, 1.82) is 0 Å². The minimum atomic E-state index is -6.34. The predicted octanol–water partition coefficient (Wildman–Crippen LogP) is 4.26. The van der Waals surface area contributed by atoms with Crippen LogP contribution in [0.1, 0.15) is 27.2 Å². The van der Waals surface area contributed by atoms with Crippen molar-refractivity contribution in [1.82, 2.24) is 0 Å². The SMILES string of the molecule is CCO[Si](CCC(F)(F)C(F)(F)C(F)(F)F)(OCC)OCC. The highest BCUT2D eigenvalue weighted by molar-refractivity contribution is 6.60. The van der Waals surface area contributed by atoms with Crippen LogP contribution in [0.15, 0.2) is 0 Å². The first-order valence-corrected chi connectivity index (χ1v) is 8.56. The second-order valence-electron chi connectivity index (χ2n) is 4.26. The lowest BCUT2D eigenvalue weighted by molar-refractivity contribution is -0.355. The maximum Gasteiger partial charge on any atom is 0.501 e. The highest BCUT2D eigenvalue weighted by Crippen LogP contribution is 2.49. The van der Waals surface area contributed by atoms with E-state index in [2.05, 4.69) is 0 Å². The first-order valence-electron chi connectivity index (χ1n) is 6.63. The van der Waals surface area contributed by atoms with Crippen molar-refractivity contribution in [2.24, 2.45) is 0 Å². The molecule has 0 atom stereocenters. The molecule has 0 amide bonds. The molecule has 134 valence electrons. The van der Waals surface area contributed by atoms with Crippen LogP contribution in [0.2, 0.25) is 6.04 Å². The lowest BCUT2D eigenvalue weighted by Gasteiger charge is -2.32. The van der Waals surface area contributed by atoms with E-state index in [1.807, 2.05) is 0 Å². The summed E-state index contributed by atoms with van der Waals surface area (Å²) >= 11 is 0.